The van der Waals surface area contributed by atoms with Crippen molar-refractivity contribution in [3.05, 3.63) is 35.9 Å². The van der Waals surface area contributed by atoms with Gasteiger partial charge in [-0.15, -0.1) is 0 Å². The fourth-order valence-corrected chi connectivity index (χ4v) is 4.54. The molecule has 0 aromatic heterocycles. The van der Waals surface area contributed by atoms with Gasteiger partial charge in [0, 0.05) is 39.5 Å². The summed E-state index contributed by atoms with van der Waals surface area (Å²) in [5.41, 5.74) is 6.30. The minimum Gasteiger partial charge on any atom is -0.370 e. The molecular formula is C21H29N3O3. The first-order chi connectivity index (χ1) is 12.9. The lowest BCUT2D eigenvalue weighted by molar-refractivity contribution is -0.143. The highest BCUT2D eigenvalue weighted by Crippen LogP contribution is 2.45. The summed E-state index contributed by atoms with van der Waals surface area (Å²) in [6, 6.07) is 10.0. The number of benzene rings is 1. The number of carbonyl (C=O) groups is 3. The summed E-state index contributed by atoms with van der Waals surface area (Å²) >= 11 is 0. The van der Waals surface area contributed by atoms with Crippen molar-refractivity contribution in [1.29, 1.82) is 0 Å². The second kappa shape index (κ2) is 8.11. The molecule has 146 valence electrons. The summed E-state index contributed by atoms with van der Waals surface area (Å²) < 4.78 is 0. The van der Waals surface area contributed by atoms with Gasteiger partial charge in [-0.25, -0.2) is 0 Å². The van der Waals surface area contributed by atoms with Crippen molar-refractivity contribution < 1.29 is 14.4 Å². The van der Waals surface area contributed by atoms with Crippen molar-refractivity contribution in [1.82, 2.24) is 9.80 Å². The normalized spacial score (nSPS) is 22.1. The monoisotopic (exact) mass is 371 g/mol. The van der Waals surface area contributed by atoms with Gasteiger partial charge < -0.3 is 15.5 Å². The number of likely N-dealkylation sites (tertiary alicyclic amines) is 2. The topological polar surface area (TPSA) is 83.7 Å². The van der Waals surface area contributed by atoms with Gasteiger partial charge in [0.15, 0.2) is 0 Å². The summed E-state index contributed by atoms with van der Waals surface area (Å²) in [7, 11) is 1.89. The molecule has 2 aliphatic rings. The second-order valence-corrected chi connectivity index (χ2v) is 8.06. The molecule has 0 bridgehead atoms. The number of piperidine rings is 2. The molecule has 3 rings (SSSR count). The Labute approximate surface area is 160 Å². The first-order valence-electron chi connectivity index (χ1n) is 9.76. The van der Waals surface area contributed by atoms with E-state index in [2.05, 4.69) is 0 Å². The van der Waals surface area contributed by atoms with Crippen molar-refractivity contribution in [3.8, 4) is 0 Å². The van der Waals surface area contributed by atoms with E-state index in [-0.39, 0.29) is 35.5 Å². The van der Waals surface area contributed by atoms with Crippen LogP contribution in [0, 0.1) is 5.41 Å². The molecule has 1 aromatic carbocycles. The molecule has 6 heteroatoms. The fourth-order valence-electron chi connectivity index (χ4n) is 4.54. The Morgan fingerprint density at radius 3 is 2.44 bits per heavy atom. The van der Waals surface area contributed by atoms with E-state index >= 15 is 0 Å². The van der Waals surface area contributed by atoms with Gasteiger partial charge in [-0.2, -0.15) is 0 Å². The Kier molecular flexibility index (Phi) is 5.82. The molecule has 2 fully saturated rings. The van der Waals surface area contributed by atoms with Gasteiger partial charge in [-0.3, -0.25) is 14.4 Å². The summed E-state index contributed by atoms with van der Waals surface area (Å²) in [4.78, 5) is 39.7. The average molecular weight is 371 g/mol. The van der Waals surface area contributed by atoms with Crippen LogP contribution < -0.4 is 5.73 Å². The van der Waals surface area contributed by atoms with E-state index in [1.54, 1.807) is 0 Å². The number of primary amides is 1. The molecular weight excluding hydrogens is 342 g/mol. The minimum absolute atomic E-state index is 0.0766. The Hall–Kier alpha value is -2.37. The third-order valence-electron chi connectivity index (χ3n) is 6.08. The zero-order valence-corrected chi connectivity index (χ0v) is 16.0. The highest BCUT2D eigenvalue weighted by molar-refractivity contribution is 5.84. The van der Waals surface area contributed by atoms with Crippen molar-refractivity contribution in [2.75, 3.05) is 26.7 Å². The van der Waals surface area contributed by atoms with E-state index in [4.69, 9.17) is 5.73 Å². The molecule has 0 unspecified atom stereocenters. The highest BCUT2D eigenvalue weighted by Gasteiger charge is 2.45. The third-order valence-corrected chi connectivity index (χ3v) is 6.08. The maximum atomic E-state index is 12.7. The molecule has 2 N–H and O–H groups in total. The first kappa shape index (κ1) is 19.4. The Bertz CT molecular complexity index is 696. The van der Waals surface area contributed by atoms with Crippen molar-refractivity contribution in [2.45, 2.75) is 44.4 Å². The molecule has 6 nitrogen and oxygen atoms in total. The number of nitrogens with two attached hydrogens (primary N) is 1. The molecule has 3 amide bonds. The first-order valence-corrected chi connectivity index (χ1v) is 9.76. The van der Waals surface area contributed by atoms with Gasteiger partial charge in [0.1, 0.15) is 0 Å². The van der Waals surface area contributed by atoms with E-state index in [0.717, 1.165) is 44.5 Å². The van der Waals surface area contributed by atoms with E-state index in [1.807, 2.05) is 47.2 Å². The number of amides is 3. The van der Waals surface area contributed by atoms with Gasteiger partial charge >= 0.3 is 0 Å². The number of rotatable bonds is 5. The van der Waals surface area contributed by atoms with E-state index < -0.39 is 0 Å². The van der Waals surface area contributed by atoms with Gasteiger partial charge in [0.25, 0.3) is 0 Å². The van der Waals surface area contributed by atoms with E-state index in [0.29, 0.717) is 12.8 Å². The quantitative estimate of drug-likeness (QED) is 0.858. The van der Waals surface area contributed by atoms with Crippen molar-refractivity contribution >= 4 is 17.7 Å². The van der Waals surface area contributed by atoms with Crippen LogP contribution in [-0.4, -0.2) is 54.2 Å². The van der Waals surface area contributed by atoms with Crippen LogP contribution in [0.25, 0.3) is 0 Å². The van der Waals surface area contributed by atoms with Crippen LogP contribution in [0.15, 0.2) is 30.3 Å². The van der Waals surface area contributed by atoms with Crippen LogP contribution in [0.5, 0.6) is 0 Å². The van der Waals surface area contributed by atoms with Crippen LogP contribution >= 0.6 is 0 Å². The van der Waals surface area contributed by atoms with E-state index in [1.165, 1.54) is 0 Å². The van der Waals surface area contributed by atoms with Crippen LogP contribution in [0.2, 0.25) is 0 Å². The summed E-state index contributed by atoms with van der Waals surface area (Å²) in [5, 5.41) is 0. The number of likely N-dealkylation sites (N-methyl/N-ethyl adjacent to an activating group) is 1. The maximum absolute atomic E-state index is 12.7. The standard InChI is InChI=1S/C21H29N3O3/c1-23-15-21(14-17(20(23)27)16-6-3-2-4-7-16)10-12-24(13-11-21)19(26)9-5-8-18(22)25/h2-4,6-7,17H,5,8-15H2,1H3,(H2,22,25)/t17-/m1/s1. The fraction of sp³-hybridized carbons (Fsp3) is 0.571. The Morgan fingerprint density at radius 1 is 1.15 bits per heavy atom. The van der Waals surface area contributed by atoms with Crippen molar-refractivity contribution in [3.63, 3.8) is 0 Å². The summed E-state index contributed by atoms with van der Waals surface area (Å²) in [5.74, 6) is -0.159. The maximum Gasteiger partial charge on any atom is 0.229 e. The van der Waals surface area contributed by atoms with Crippen LogP contribution in [0.3, 0.4) is 0 Å². The molecule has 2 heterocycles. The highest BCUT2D eigenvalue weighted by atomic mass is 16.2. The molecule has 27 heavy (non-hydrogen) atoms. The SMILES string of the molecule is CN1CC2(CCN(C(=O)CCCC(N)=O)CC2)C[C@H](c2ccccc2)C1=O. The molecule has 2 saturated heterocycles. The second-order valence-electron chi connectivity index (χ2n) is 8.06. The van der Waals surface area contributed by atoms with E-state index in [9.17, 15) is 14.4 Å². The van der Waals surface area contributed by atoms with Crippen LogP contribution in [0.1, 0.15) is 50.0 Å². The number of nitrogens with zero attached hydrogens (tertiary/aromatic N) is 2. The predicted octanol–water partition coefficient (Wildman–Crippen LogP) is 1.90. The molecule has 0 radical (unpaired) electrons. The smallest absolute Gasteiger partial charge is 0.229 e. The molecule has 0 saturated carbocycles. The molecule has 2 aliphatic heterocycles. The van der Waals surface area contributed by atoms with Gasteiger partial charge in [-0.1, -0.05) is 30.3 Å². The lowest BCUT2D eigenvalue weighted by atomic mass is 9.67. The van der Waals surface area contributed by atoms with Gasteiger partial charge in [-0.05, 0) is 36.7 Å². The lowest BCUT2D eigenvalue weighted by Crippen LogP contribution is -2.53. The largest absolute Gasteiger partial charge is 0.370 e. The zero-order chi connectivity index (χ0) is 19.4. The van der Waals surface area contributed by atoms with Crippen LogP contribution in [-0.2, 0) is 14.4 Å². The summed E-state index contributed by atoms with van der Waals surface area (Å²) in [6.45, 7) is 2.21. The Balaban J connectivity index is 1.62. The summed E-state index contributed by atoms with van der Waals surface area (Å²) in [6.07, 6.45) is 3.83. The van der Waals surface area contributed by atoms with Gasteiger partial charge in [0.2, 0.25) is 17.7 Å². The van der Waals surface area contributed by atoms with Crippen LogP contribution in [0.4, 0.5) is 0 Å². The molecule has 1 atom stereocenters. The predicted molar refractivity (Wildman–Crippen MR) is 103 cm³/mol. The molecule has 1 spiro atoms. The zero-order valence-electron chi connectivity index (χ0n) is 16.0. The Morgan fingerprint density at radius 2 is 1.81 bits per heavy atom. The molecule has 0 aliphatic carbocycles. The number of hydrogen-bond acceptors (Lipinski definition) is 3. The minimum atomic E-state index is -0.359. The molecule has 1 aromatic rings. The lowest BCUT2D eigenvalue weighted by Gasteiger charge is -2.49. The van der Waals surface area contributed by atoms with Crippen molar-refractivity contribution in [2.24, 2.45) is 11.1 Å². The third kappa shape index (κ3) is 4.49. The average Bonchev–Trinajstić information content (AvgIpc) is 2.66. The number of carbonyl (C=O) groups excluding carboxylic acids is 3. The number of hydrogen-bond donors (Lipinski definition) is 1. The van der Waals surface area contributed by atoms with Gasteiger partial charge in [0.05, 0.1) is 5.92 Å².